The highest BCUT2D eigenvalue weighted by molar-refractivity contribution is 14.1. The number of carbonyl (C=O) groups excluding carboxylic acids is 2. The Kier molecular flexibility index (Phi) is 7.34. The summed E-state index contributed by atoms with van der Waals surface area (Å²) in [6.07, 6.45) is 0. The molecule has 0 aromatic heterocycles. The molecule has 26 heavy (non-hydrogen) atoms. The van der Waals surface area contributed by atoms with E-state index >= 15 is 0 Å². The molecule has 0 bridgehead atoms. The third-order valence-electron chi connectivity index (χ3n) is 3.35. The first kappa shape index (κ1) is 20.1. The van der Waals surface area contributed by atoms with Crippen LogP contribution >= 0.6 is 34.2 Å². The number of hydrogen-bond donors (Lipinski definition) is 3. The average molecular weight is 490 g/mol. The van der Waals surface area contributed by atoms with Crippen LogP contribution in [0, 0.1) is 3.57 Å². The normalized spacial score (nSPS) is 10.0. The van der Waals surface area contributed by atoms with Gasteiger partial charge in [-0.15, -0.1) is 0 Å². The minimum Gasteiger partial charge on any atom is -0.497 e. The van der Waals surface area contributed by atoms with E-state index < -0.39 is 11.8 Å². The minimum absolute atomic E-state index is 0.0167. The zero-order valence-electron chi connectivity index (χ0n) is 14.1. The van der Waals surface area contributed by atoms with Gasteiger partial charge in [-0.25, -0.2) is 0 Å². The lowest BCUT2D eigenvalue weighted by molar-refractivity contribution is -0.120. The number of ether oxygens (including phenoxy) is 2. The van der Waals surface area contributed by atoms with Crippen LogP contribution in [0.3, 0.4) is 0 Å². The number of benzene rings is 2. The lowest BCUT2D eigenvalue weighted by Crippen LogP contribution is -2.44. The van der Waals surface area contributed by atoms with E-state index in [2.05, 4.69) is 16.2 Å². The smallest absolute Gasteiger partial charge is 0.273 e. The molecule has 0 radical (unpaired) electrons. The fourth-order valence-corrected chi connectivity index (χ4v) is 2.61. The Morgan fingerprint density at radius 3 is 2.38 bits per heavy atom. The highest BCUT2D eigenvalue weighted by Crippen LogP contribution is 2.28. The van der Waals surface area contributed by atoms with Crippen LogP contribution in [-0.4, -0.2) is 32.6 Å². The molecule has 0 spiro atoms. The van der Waals surface area contributed by atoms with Gasteiger partial charge in [-0.1, -0.05) is 11.6 Å². The van der Waals surface area contributed by atoms with E-state index in [-0.39, 0.29) is 12.1 Å². The Bertz CT molecular complexity index is 799. The van der Waals surface area contributed by atoms with E-state index in [1.807, 2.05) is 22.6 Å². The van der Waals surface area contributed by atoms with E-state index in [0.717, 1.165) is 15.0 Å². The number of amides is 2. The van der Waals surface area contributed by atoms with E-state index in [9.17, 15) is 9.59 Å². The van der Waals surface area contributed by atoms with E-state index in [1.54, 1.807) is 37.4 Å². The summed E-state index contributed by atoms with van der Waals surface area (Å²) >= 11 is 8.08. The molecule has 0 aliphatic heterocycles. The molecule has 9 heteroatoms. The van der Waals surface area contributed by atoms with Crippen molar-refractivity contribution < 1.29 is 19.1 Å². The number of methoxy groups -OCH3 is 2. The number of halogens is 2. The molecule has 0 aliphatic rings. The Morgan fingerprint density at radius 2 is 1.77 bits per heavy atom. The molecule has 0 unspecified atom stereocenters. The fourth-order valence-electron chi connectivity index (χ4n) is 2.00. The molecule has 2 amide bonds. The monoisotopic (exact) mass is 489 g/mol. The maximum absolute atomic E-state index is 12.2. The average Bonchev–Trinajstić information content (AvgIpc) is 2.66. The van der Waals surface area contributed by atoms with Crippen LogP contribution in [0.2, 0.25) is 5.02 Å². The molecule has 2 aromatic rings. The van der Waals surface area contributed by atoms with E-state index in [4.69, 9.17) is 21.1 Å². The summed E-state index contributed by atoms with van der Waals surface area (Å²) in [6.45, 7) is -0.0167. The summed E-state index contributed by atoms with van der Waals surface area (Å²) < 4.78 is 11.0. The molecular weight excluding hydrogens is 473 g/mol. The fraction of sp³-hybridized carbons (Fsp3) is 0.176. The first-order chi connectivity index (χ1) is 12.4. The van der Waals surface area contributed by atoms with Crippen molar-refractivity contribution in [2.45, 2.75) is 0 Å². The van der Waals surface area contributed by atoms with Crippen LogP contribution in [-0.2, 0) is 4.79 Å². The summed E-state index contributed by atoms with van der Waals surface area (Å²) in [5.41, 5.74) is 5.64. The first-order valence-electron chi connectivity index (χ1n) is 7.44. The van der Waals surface area contributed by atoms with Crippen LogP contribution in [0.15, 0.2) is 36.4 Å². The second-order valence-corrected chi connectivity index (χ2v) is 6.62. The van der Waals surface area contributed by atoms with Gasteiger partial charge in [-0.2, -0.15) is 0 Å². The molecule has 0 aliphatic carbocycles. The van der Waals surface area contributed by atoms with Crippen molar-refractivity contribution in [2.24, 2.45) is 0 Å². The van der Waals surface area contributed by atoms with Gasteiger partial charge in [0.15, 0.2) is 0 Å². The van der Waals surface area contributed by atoms with Gasteiger partial charge < -0.3 is 14.8 Å². The minimum atomic E-state index is -0.530. The molecule has 2 rings (SSSR count). The van der Waals surface area contributed by atoms with Crippen LogP contribution in [0.5, 0.6) is 11.5 Å². The summed E-state index contributed by atoms with van der Waals surface area (Å²) in [5, 5.41) is 3.35. The van der Waals surface area contributed by atoms with Gasteiger partial charge >= 0.3 is 0 Å². The maximum Gasteiger partial charge on any atom is 0.273 e. The van der Waals surface area contributed by atoms with Gasteiger partial charge in [0.2, 0.25) is 0 Å². The van der Waals surface area contributed by atoms with Crippen molar-refractivity contribution in [3.8, 4) is 11.5 Å². The molecule has 0 saturated carbocycles. The highest BCUT2D eigenvalue weighted by atomic mass is 127. The number of anilines is 1. The molecule has 7 nitrogen and oxygen atoms in total. The largest absolute Gasteiger partial charge is 0.497 e. The third kappa shape index (κ3) is 5.40. The van der Waals surface area contributed by atoms with Crippen molar-refractivity contribution in [2.75, 3.05) is 26.1 Å². The van der Waals surface area contributed by atoms with Gasteiger partial charge in [-0.05, 0) is 59.0 Å². The predicted octanol–water partition coefficient (Wildman–Crippen LogP) is 2.83. The van der Waals surface area contributed by atoms with Crippen molar-refractivity contribution in [1.82, 2.24) is 10.9 Å². The van der Waals surface area contributed by atoms with Crippen molar-refractivity contribution >= 4 is 51.7 Å². The molecule has 0 heterocycles. The molecule has 138 valence electrons. The van der Waals surface area contributed by atoms with Gasteiger partial charge in [0.1, 0.15) is 11.5 Å². The van der Waals surface area contributed by atoms with Crippen LogP contribution < -0.4 is 25.6 Å². The lowest BCUT2D eigenvalue weighted by Gasteiger charge is -2.12. The first-order valence-corrected chi connectivity index (χ1v) is 8.90. The SMILES string of the molecule is COc1ccc(NCC(=O)NNC(=O)c2cc(Cl)c(I)cc2OC)cc1. The molecule has 0 atom stereocenters. The van der Waals surface area contributed by atoms with Crippen molar-refractivity contribution in [3.05, 3.63) is 50.6 Å². The quantitative estimate of drug-likeness (QED) is 0.429. The van der Waals surface area contributed by atoms with Crippen LogP contribution in [0.25, 0.3) is 0 Å². The van der Waals surface area contributed by atoms with Crippen molar-refractivity contribution in [1.29, 1.82) is 0 Å². The van der Waals surface area contributed by atoms with Gasteiger partial charge in [0.05, 0.1) is 31.4 Å². The summed E-state index contributed by atoms with van der Waals surface area (Å²) in [5.74, 6) is 0.141. The summed E-state index contributed by atoms with van der Waals surface area (Å²) in [7, 11) is 3.03. The van der Waals surface area contributed by atoms with Crippen molar-refractivity contribution in [3.63, 3.8) is 0 Å². The highest BCUT2D eigenvalue weighted by Gasteiger charge is 2.15. The second-order valence-electron chi connectivity index (χ2n) is 5.05. The summed E-state index contributed by atoms with van der Waals surface area (Å²) in [4.78, 5) is 24.1. The molecule has 0 saturated heterocycles. The molecule has 0 fully saturated rings. The summed E-state index contributed by atoms with van der Waals surface area (Å²) in [6, 6.07) is 10.2. The van der Waals surface area contributed by atoms with Gasteiger partial charge in [0.25, 0.3) is 11.8 Å². The molecule has 2 aromatic carbocycles. The number of hydrazine groups is 1. The Morgan fingerprint density at radius 1 is 1.08 bits per heavy atom. The van der Waals surface area contributed by atoms with Gasteiger partial charge in [0, 0.05) is 9.26 Å². The number of nitrogens with one attached hydrogen (secondary N) is 3. The van der Waals surface area contributed by atoms with E-state index in [0.29, 0.717) is 10.8 Å². The Labute approximate surface area is 169 Å². The second kappa shape index (κ2) is 9.48. The topological polar surface area (TPSA) is 88.7 Å². The Hall–Kier alpha value is -2.20. The molecular formula is C17H17ClIN3O4. The lowest BCUT2D eigenvalue weighted by atomic mass is 10.2. The van der Waals surface area contributed by atoms with Gasteiger partial charge in [-0.3, -0.25) is 20.4 Å². The van der Waals surface area contributed by atoms with E-state index in [1.165, 1.54) is 13.2 Å². The predicted molar refractivity (Wildman–Crippen MR) is 108 cm³/mol. The zero-order chi connectivity index (χ0) is 19.1. The third-order valence-corrected chi connectivity index (χ3v) is 4.87. The maximum atomic E-state index is 12.2. The van der Waals surface area contributed by atoms with Crippen LogP contribution in [0.4, 0.5) is 5.69 Å². The zero-order valence-corrected chi connectivity index (χ0v) is 17.0. The number of carbonyl (C=O) groups is 2. The Balaban J connectivity index is 1.88. The number of hydrogen-bond acceptors (Lipinski definition) is 5. The standard InChI is InChI=1S/C17H17ClIN3O4/c1-25-11-5-3-10(4-6-11)20-9-16(23)21-22-17(24)12-7-13(18)14(19)8-15(12)26-2/h3-8,20H,9H2,1-2H3,(H,21,23)(H,22,24). The number of rotatable bonds is 6. The molecule has 3 N–H and O–H groups in total. The van der Waals surface area contributed by atoms with Crippen LogP contribution in [0.1, 0.15) is 10.4 Å².